The molecule has 4 atom stereocenters. The van der Waals surface area contributed by atoms with Gasteiger partial charge in [-0.2, -0.15) is 0 Å². The van der Waals surface area contributed by atoms with Crippen molar-refractivity contribution < 1.29 is 44.3 Å². The average Bonchev–Trinajstić information content (AvgIpc) is 2.77. The van der Waals surface area contributed by atoms with Gasteiger partial charge < -0.3 is 29.9 Å². The first-order valence-electron chi connectivity index (χ1n) is 10.8. The molecule has 10 nitrogen and oxygen atoms in total. The summed E-state index contributed by atoms with van der Waals surface area (Å²) >= 11 is 0. The molecule has 0 amide bonds. The number of aliphatic hydroxyl groups is 2. The number of rotatable bonds is 7. The first-order valence-corrected chi connectivity index (χ1v) is 10.8. The van der Waals surface area contributed by atoms with Crippen LogP contribution in [0.4, 0.5) is 0 Å². The van der Waals surface area contributed by atoms with Crippen molar-refractivity contribution in [3.8, 4) is 11.5 Å². The average molecular weight is 468 g/mol. The SMILES string of the molecule is COc1cc2c(cc1OC)[C@@H]1CC(=O)[C@@H](CC(C)C)CN1CC2.O=C(O)C(O)C(O)C(=O)O. The molecule has 3 rings (SSSR count). The van der Waals surface area contributed by atoms with Crippen molar-refractivity contribution in [1.82, 2.24) is 4.90 Å². The summed E-state index contributed by atoms with van der Waals surface area (Å²) in [6.45, 7) is 6.31. The van der Waals surface area contributed by atoms with Crippen molar-refractivity contribution in [3.05, 3.63) is 23.3 Å². The van der Waals surface area contributed by atoms with Gasteiger partial charge in [0.05, 0.1) is 14.2 Å². The van der Waals surface area contributed by atoms with Gasteiger partial charge in [-0.1, -0.05) is 13.8 Å². The number of carbonyl (C=O) groups excluding carboxylic acids is 1. The number of ether oxygens (including phenoxy) is 2. The Kier molecular flexibility index (Phi) is 9.21. The molecule has 0 saturated carbocycles. The van der Waals surface area contributed by atoms with Crippen LogP contribution in [0, 0.1) is 11.8 Å². The third-order valence-corrected chi connectivity index (χ3v) is 5.98. The normalized spacial score (nSPS) is 21.7. The van der Waals surface area contributed by atoms with Gasteiger partial charge >= 0.3 is 11.9 Å². The van der Waals surface area contributed by atoms with E-state index in [9.17, 15) is 14.4 Å². The third kappa shape index (κ3) is 6.43. The van der Waals surface area contributed by atoms with Crippen molar-refractivity contribution in [2.45, 2.75) is 51.4 Å². The summed E-state index contributed by atoms with van der Waals surface area (Å²) in [6, 6.07) is 4.35. The zero-order chi connectivity index (χ0) is 24.9. The summed E-state index contributed by atoms with van der Waals surface area (Å²) in [5.41, 5.74) is 2.53. The molecule has 0 aromatic heterocycles. The van der Waals surface area contributed by atoms with Crippen LogP contribution >= 0.6 is 0 Å². The Labute approximate surface area is 192 Å². The Bertz CT molecular complexity index is 852. The summed E-state index contributed by atoms with van der Waals surface area (Å²) in [4.78, 5) is 34.6. The molecule has 2 unspecified atom stereocenters. The summed E-state index contributed by atoms with van der Waals surface area (Å²) in [7, 11) is 3.33. The van der Waals surface area contributed by atoms with Crippen molar-refractivity contribution in [3.63, 3.8) is 0 Å². The van der Waals surface area contributed by atoms with Gasteiger partial charge in [-0.05, 0) is 42.0 Å². The van der Waals surface area contributed by atoms with E-state index < -0.39 is 24.1 Å². The van der Waals surface area contributed by atoms with E-state index in [-0.39, 0.29) is 12.0 Å². The predicted molar refractivity (Wildman–Crippen MR) is 117 cm³/mol. The minimum atomic E-state index is -2.27. The predicted octanol–water partition coefficient (Wildman–Crippen LogP) is 1.12. The van der Waals surface area contributed by atoms with Crippen LogP contribution in [0.5, 0.6) is 11.5 Å². The number of fused-ring (bicyclic) bond motifs is 3. The molecule has 2 aliphatic heterocycles. The van der Waals surface area contributed by atoms with Gasteiger partial charge in [0.15, 0.2) is 23.7 Å². The van der Waals surface area contributed by atoms with E-state index in [1.54, 1.807) is 14.2 Å². The maximum atomic E-state index is 12.6. The molecule has 184 valence electrons. The van der Waals surface area contributed by atoms with Gasteiger partial charge in [0.25, 0.3) is 0 Å². The lowest BCUT2D eigenvalue weighted by Crippen LogP contribution is -2.46. The minimum absolute atomic E-state index is 0.202. The molecule has 0 aliphatic carbocycles. The molecule has 10 heteroatoms. The highest BCUT2D eigenvalue weighted by Crippen LogP contribution is 2.42. The van der Waals surface area contributed by atoms with Crippen LogP contribution < -0.4 is 9.47 Å². The monoisotopic (exact) mass is 467 g/mol. The summed E-state index contributed by atoms with van der Waals surface area (Å²) in [6.07, 6.45) is -1.90. The maximum absolute atomic E-state index is 12.6. The molecule has 0 bridgehead atoms. The lowest BCUT2D eigenvalue weighted by atomic mass is 9.80. The number of carboxylic acid groups (broad SMARTS) is 2. The fraction of sp³-hybridized carbons (Fsp3) is 0.609. The number of aliphatic carboxylic acids is 2. The van der Waals surface area contributed by atoms with Crippen molar-refractivity contribution in [1.29, 1.82) is 0 Å². The van der Waals surface area contributed by atoms with Gasteiger partial charge in [0.2, 0.25) is 0 Å². The number of carboxylic acids is 2. The number of Topliss-reactive ketones (excluding diaryl/α,β-unsaturated/α-hetero) is 1. The van der Waals surface area contributed by atoms with Gasteiger partial charge in [0.1, 0.15) is 5.78 Å². The van der Waals surface area contributed by atoms with Crippen LogP contribution in [0.25, 0.3) is 0 Å². The highest BCUT2D eigenvalue weighted by molar-refractivity contribution is 5.83. The number of benzene rings is 1. The summed E-state index contributed by atoms with van der Waals surface area (Å²) < 4.78 is 10.9. The van der Waals surface area contributed by atoms with E-state index in [1.165, 1.54) is 11.1 Å². The Morgan fingerprint density at radius 3 is 2.09 bits per heavy atom. The van der Waals surface area contributed by atoms with Crippen molar-refractivity contribution in [2.24, 2.45) is 11.8 Å². The smallest absolute Gasteiger partial charge is 0.335 e. The lowest BCUT2D eigenvalue weighted by molar-refractivity contribution is -0.165. The fourth-order valence-corrected chi connectivity index (χ4v) is 4.32. The van der Waals surface area contributed by atoms with Gasteiger partial charge in [-0.25, -0.2) is 9.59 Å². The van der Waals surface area contributed by atoms with Crippen LogP contribution in [0.2, 0.25) is 0 Å². The summed E-state index contributed by atoms with van der Waals surface area (Å²) in [5, 5.41) is 32.5. The fourth-order valence-electron chi connectivity index (χ4n) is 4.32. The maximum Gasteiger partial charge on any atom is 0.335 e. The van der Waals surface area contributed by atoms with E-state index in [4.69, 9.17) is 29.9 Å². The molecule has 1 fully saturated rings. The van der Waals surface area contributed by atoms with Crippen LogP contribution in [0.3, 0.4) is 0 Å². The zero-order valence-electron chi connectivity index (χ0n) is 19.4. The highest BCUT2D eigenvalue weighted by Gasteiger charge is 2.38. The van der Waals surface area contributed by atoms with Crippen molar-refractivity contribution >= 4 is 17.7 Å². The Morgan fingerprint density at radius 1 is 1.06 bits per heavy atom. The van der Waals surface area contributed by atoms with E-state index in [0.717, 1.165) is 37.4 Å². The first-order chi connectivity index (χ1) is 15.5. The lowest BCUT2D eigenvalue weighted by Gasteiger charge is -2.43. The minimum Gasteiger partial charge on any atom is -0.493 e. The molecule has 1 aromatic rings. The van der Waals surface area contributed by atoms with Crippen LogP contribution in [-0.4, -0.2) is 82.6 Å². The van der Waals surface area contributed by atoms with Crippen LogP contribution in [-0.2, 0) is 20.8 Å². The Hall–Kier alpha value is -2.69. The largest absolute Gasteiger partial charge is 0.493 e. The van der Waals surface area contributed by atoms with Gasteiger partial charge in [-0.3, -0.25) is 9.69 Å². The first kappa shape index (κ1) is 26.6. The van der Waals surface area contributed by atoms with Gasteiger partial charge in [0, 0.05) is 31.5 Å². The number of ketones is 1. The molecule has 1 saturated heterocycles. The third-order valence-electron chi connectivity index (χ3n) is 5.98. The second kappa shape index (κ2) is 11.4. The Balaban J connectivity index is 0.000000328. The number of piperidine rings is 1. The quantitative estimate of drug-likeness (QED) is 0.458. The number of aliphatic hydroxyl groups excluding tert-OH is 2. The number of nitrogens with zero attached hydrogens (tertiary/aromatic N) is 1. The second-order valence-electron chi connectivity index (χ2n) is 8.73. The molecule has 0 radical (unpaired) electrons. The molecule has 2 aliphatic rings. The highest BCUT2D eigenvalue weighted by atomic mass is 16.5. The van der Waals surface area contributed by atoms with Crippen molar-refractivity contribution in [2.75, 3.05) is 27.3 Å². The number of hydrogen-bond donors (Lipinski definition) is 4. The molecule has 4 N–H and O–H groups in total. The van der Waals surface area contributed by atoms with Gasteiger partial charge in [-0.15, -0.1) is 0 Å². The Morgan fingerprint density at radius 2 is 1.61 bits per heavy atom. The van der Waals surface area contributed by atoms with Crippen LogP contribution in [0.15, 0.2) is 12.1 Å². The topological polar surface area (TPSA) is 154 Å². The number of hydrogen-bond acceptors (Lipinski definition) is 8. The zero-order valence-corrected chi connectivity index (χ0v) is 19.4. The van der Waals surface area contributed by atoms with E-state index in [2.05, 4.69) is 30.9 Å². The molecule has 2 heterocycles. The number of carbonyl (C=O) groups is 3. The number of methoxy groups -OCH3 is 2. The van der Waals surface area contributed by atoms with E-state index in [0.29, 0.717) is 18.1 Å². The second-order valence-corrected chi connectivity index (χ2v) is 8.73. The molecule has 1 aromatic carbocycles. The molecular weight excluding hydrogens is 434 g/mol. The molecule has 33 heavy (non-hydrogen) atoms. The van der Waals surface area contributed by atoms with E-state index in [1.807, 2.05) is 0 Å². The summed E-state index contributed by atoms with van der Waals surface area (Å²) in [5.74, 6) is -0.813. The molecular formula is C23H33NO9. The van der Waals surface area contributed by atoms with Crippen LogP contribution in [0.1, 0.15) is 43.9 Å². The molecule has 0 spiro atoms. The standard InChI is InChI=1S/C19H27NO3.C4H6O6/c1-12(2)7-14-11-20-6-5-13-8-18(22-3)19(23-4)9-15(13)16(20)10-17(14)21;5-1(3(7)8)2(6)4(9)10/h8-9,12,14,16H,5-7,10-11H2,1-4H3;1-2,5-6H,(H,7,8)(H,9,10)/t14-,16-;/m0./s1. The van der Waals surface area contributed by atoms with E-state index >= 15 is 0 Å².